The SMILES string of the molecule is COc1ccc2cn(-c3ccc4c(Cl)ccnc4c3)c(O)c2c1. The summed E-state index contributed by atoms with van der Waals surface area (Å²) in [5.41, 5.74) is 1.60. The number of fused-ring (bicyclic) bond motifs is 2. The summed E-state index contributed by atoms with van der Waals surface area (Å²) in [6.07, 6.45) is 3.56. The van der Waals surface area contributed by atoms with Crippen molar-refractivity contribution in [2.24, 2.45) is 0 Å². The van der Waals surface area contributed by atoms with Crippen LogP contribution in [0.25, 0.3) is 27.4 Å². The van der Waals surface area contributed by atoms with Gasteiger partial charge in [-0.3, -0.25) is 9.55 Å². The van der Waals surface area contributed by atoms with E-state index in [9.17, 15) is 5.11 Å². The molecule has 0 aliphatic heterocycles. The molecule has 0 aliphatic rings. The largest absolute Gasteiger partial charge is 0.497 e. The van der Waals surface area contributed by atoms with Crippen LogP contribution in [-0.2, 0) is 0 Å². The van der Waals surface area contributed by atoms with E-state index in [2.05, 4.69) is 4.98 Å². The summed E-state index contributed by atoms with van der Waals surface area (Å²) in [6.45, 7) is 0. The van der Waals surface area contributed by atoms with Gasteiger partial charge < -0.3 is 9.84 Å². The molecule has 5 heteroatoms. The number of pyridine rings is 1. The van der Waals surface area contributed by atoms with Crippen molar-refractivity contribution >= 4 is 33.3 Å². The van der Waals surface area contributed by atoms with Crippen molar-refractivity contribution in [3.8, 4) is 17.3 Å². The molecule has 0 bridgehead atoms. The zero-order valence-electron chi connectivity index (χ0n) is 12.3. The number of nitrogens with zero attached hydrogens (tertiary/aromatic N) is 2. The summed E-state index contributed by atoms with van der Waals surface area (Å²) in [4.78, 5) is 4.34. The number of ether oxygens (including phenoxy) is 1. The van der Waals surface area contributed by atoms with Crippen LogP contribution in [0.3, 0.4) is 0 Å². The lowest BCUT2D eigenvalue weighted by molar-refractivity contribution is 0.414. The first-order valence-electron chi connectivity index (χ1n) is 7.10. The van der Waals surface area contributed by atoms with Gasteiger partial charge in [0.1, 0.15) is 5.75 Å². The van der Waals surface area contributed by atoms with Crippen molar-refractivity contribution in [3.63, 3.8) is 0 Å². The predicted molar refractivity (Wildman–Crippen MR) is 91.8 cm³/mol. The zero-order valence-corrected chi connectivity index (χ0v) is 13.1. The molecular weight excluding hydrogens is 312 g/mol. The molecule has 0 amide bonds. The molecule has 2 aromatic carbocycles. The van der Waals surface area contributed by atoms with Gasteiger partial charge in [0.2, 0.25) is 5.88 Å². The average Bonchev–Trinajstić information content (AvgIpc) is 2.91. The van der Waals surface area contributed by atoms with E-state index in [4.69, 9.17) is 16.3 Å². The van der Waals surface area contributed by atoms with Gasteiger partial charge in [0.05, 0.1) is 23.3 Å². The smallest absolute Gasteiger partial charge is 0.203 e. The Bertz CT molecular complexity index is 1040. The highest BCUT2D eigenvalue weighted by Gasteiger charge is 2.11. The van der Waals surface area contributed by atoms with Gasteiger partial charge in [-0.05, 0) is 42.5 Å². The zero-order chi connectivity index (χ0) is 16.0. The van der Waals surface area contributed by atoms with Gasteiger partial charge in [0.25, 0.3) is 0 Å². The summed E-state index contributed by atoms with van der Waals surface area (Å²) in [5.74, 6) is 0.873. The van der Waals surface area contributed by atoms with E-state index in [1.54, 1.807) is 23.9 Å². The minimum Gasteiger partial charge on any atom is -0.497 e. The van der Waals surface area contributed by atoms with Crippen molar-refractivity contribution in [2.75, 3.05) is 7.11 Å². The van der Waals surface area contributed by atoms with Crippen LogP contribution in [0.1, 0.15) is 0 Å². The predicted octanol–water partition coefficient (Wildman–Crippen LogP) is 4.55. The maximum absolute atomic E-state index is 10.6. The van der Waals surface area contributed by atoms with E-state index in [1.807, 2.05) is 42.6 Å². The van der Waals surface area contributed by atoms with E-state index >= 15 is 0 Å². The Morgan fingerprint density at radius 2 is 1.96 bits per heavy atom. The summed E-state index contributed by atoms with van der Waals surface area (Å²) in [5, 5.41) is 13.8. The van der Waals surface area contributed by atoms with Crippen molar-refractivity contribution in [1.82, 2.24) is 9.55 Å². The lowest BCUT2D eigenvalue weighted by atomic mass is 10.2. The van der Waals surface area contributed by atoms with Crippen LogP contribution in [0.5, 0.6) is 11.6 Å². The average molecular weight is 325 g/mol. The molecule has 0 unspecified atom stereocenters. The number of aromatic hydroxyl groups is 1. The first kappa shape index (κ1) is 13.9. The fourth-order valence-corrected chi connectivity index (χ4v) is 2.96. The lowest BCUT2D eigenvalue weighted by Crippen LogP contribution is -1.92. The van der Waals surface area contributed by atoms with E-state index < -0.39 is 0 Å². The second-order valence-corrected chi connectivity index (χ2v) is 5.68. The molecule has 0 saturated heterocycles. The monoisotopic (exact) mass is 324 g/mol. The Kier molecular flexibility index (Phi) is 3.13. The normalized spacial score (nSPS) is 11.2. The molecule has 1 N–H and O–H groups in total. The number of benzene rings is 2. The van der Waals surface area contributed by atoms with Crippen LogP contribution in [0.15, 0.2) is 54.9 Å². The standard InChI is InChI=1S/C18H13ClN2O2/c1-23-13-4-2-11-10-21(18(22)15(11)9-13)12-3-5-14-16(19)6-7-20-17(14)8-12/h2-10,22H,1H3. The first-order valence-corrected chi connectivity index (χ1v) is 7.48. The lowest BCUT2D eigenvalue weighted by Gasteiger charge is -2.07. The van der Waals surface area contributed by atoms with Crippen molar-refractivity contribution < 1.29 is 9.84 Å². The van der Waals surface area contributed by atoms with Crippen LogP contribution in [-0.4, -0.2) is 21.8 Å². The van der Waals surface area contributed by atoms with E-state index in [1.165, 1.54) is 0 Å². The Morgan fingerprint density at radius 1 is 1.09 bits per heavy atom. The van der Waals surface area contributed by atoms with Gasteiger partial charge in [-0.15, -0.1) is 0 Å². The van der Waals surface area contributed by atoms with Crippen LogP contribution < -0.4 is 4.74 Å². The van der Waals surface area contributed by atoms with Gasteiger partial charge in [0.15, 0.2) is 0 Å². The summed E-state index contributed by atoms with van der Waals surface area (Å²) >= 11 is 6.17. The van der Waals surface area contributed by atoms with Gasteiger partial charge >= 0.3 is 0 Å². The molecular formula is C18H13ClN2O2. The minimum absolute atomic E-state index is 0.167. The molecule has 114 valence electrons. The fraction of sp³-hybridized carbons (Fsp3) is 0.0556. The molecule has 2 aromatic heterocycles. The van der Waals surface area contributed by atoms with E-state index in [0.29, 0.717) is 10.8 Å². The maximum Gasteiger partial charge on any atom is 0.203 e. The number of hydrogen-bond acceptors (Lipinski definition) is 3. The third kappa shape index (κ3) is 2.19. The van der Waals surface area contributed by atoms with Crippen LogP contribution in [0.2, 0.25) is 5.02 Å². The third-order valence-electron chi connectivity index (χ3n) is 3.95. The minimum atomic E-state index is 0.167. The van der Waals surface area contributed by atoms with Crippen molar-refractivity contribution in [3.05, 3.63) is 59.9 Å². The number of halogens is 1. The molecule has 2 heterocycles. The third-order valence-corrected chi connectivity index (χ3v) is 4.28. The van der Waals surface area contributed by atoms with Gasteiger partial charge in [-0.1, -0.05) is 11.6 Å². The number of rotatable bonds is 2. The second kappa shape index (κ2) is 5.18. The highest BCUT2D eigenvalue weighted by molar-refractivity contribution is 6.35. The second-order valence-electron chi connectivity index (χ2n) is 5.27. The summed E-state index contributed by atoms with van der Waals surface area (Å²) in [7, 11) is 1.61. The highest BCUT2D eigenvalue weighted by Crippen LogP contribution is 2.33. The Morgan fingerprint density at radius 3 is 2.78 bits per heavy atom. The molecule has 0 spiro atoms. The molecule has 4 aromatic rings. The Labute approximate surface area is 137 Å². The van der Waals surface area contributed by atoms with Crippen LogP contribution in [0, 0.1) is 0 Å². The van der Waals surface area contributed by atoms with Crippen LogP contribution >= 0.6 is 11.6 Å². The Hall–Kier alpha value is -2.72. The molecule has 0 saturated carbocycles. The van der Waals surface area contributed by atoms with Gasteiger partial charge in [-0.25, -0.2) is 0 Å². The molecule has 0 fully saturated rings. The number of hydrogen-bond donors (Lipinski definition) is 1. The quantitative estimate of drug-likeness (QED) is 0.588. The topological polar surface area (TPSA) is 47.3 Å². The maximum atomic E-state index is 10.6. The first-order chi connectivity index (χ1) is 11.2. The van der Waals surface area contributed by atoms with Crippen LogP contribution in [0.4, 0.5) is 0 Å². The number of methoxy groups -OCH3 is 1. The number of aromatic nitrogens is 2. The molecule has 23 heavy (non-hydrogen) atoms. The molecule has 0 aliphatic carbocycles. The molecule has 0 atom stereocenters. The molecule has 4 rings (SSSR count). The fourth-order valence-electron chi connectivity index (χ4n) is 2.75. The van der Waals surface area contributed by atoms with E-state index in [-0.39, 0.29) is 5.88 Å². The van der Waals surface area contributed by atoms with Crippen molar-refractivity contribution in [2.45, 2.75) is 0 Å². The molecule has 0 radical (unpaired) electrons. The van der Waals surface area contributed by atoms with Gasteiger partial charge in [0, 0.05) is 28.6 Å². The van der Waals surface area contributed by atoms with Crippen molar-refractivity contribution in [1.29, 1.82) is 0 Å². The van der Waals surface area contributed by atoms with Gasteiger partial charge in [-0.2, -0.15) is 0 Å². The van der Waals surface area contributed by atoms with E-state index in [0.717, 1.165) is 27.4 Å². The Balaban J connectivity index is 1.93. The highest BCUT2D eigenvalue weighted by atomic mass is 35.5. The summed E-state index contributed by atoms with van der Waals surface area (Å²) in [6, 6.07) is 13.1. The molecule has 4 nitrogen and oxygen atoms in total. The summed E-state index contributed by atoms with van der Waals surface area (Å²) < 4.78 is 6.95.